The lowest BCUT2D eigenvalue weighted by Crippen LogP contribution is -2.45. The van der Waals surface area contributed by atoms with Crippen molar-refractivity contribution in [2.24, 2.45) is 0 Å². The molecule has 0 radical (unpaired) electrons. The van der Waals surface area contributed by atoms with E-state index in [1.165, 1.54) is 17.4 Å². The van der Waals surface area contributed by atoms with Gasteiger partial charge in [0, 0.05) is 36.1 Å². The third-order valence-electron chi connectivity index (χ3n) is 5.01. The molecule has 1 saturated heterocycles. The first-order chi connectivity index (χ1) is 13.3. The summed E-state index contributed by atoms with van der Waals surface area (Å²) in [6, 6.07) is 11.7. The summed E-state index contributed by atoms with van der Waals surface area (Å²) in [4.78, 5) is 7.01. The van der Waals surface area contributed by atoms with E-state index in [9.17, 15) is 9.50 Å². The molecule has 1 aromatic heterocycles. The zero-order valence-electron chi connectivity index (χ0n) is 16.9. The minimum absolute atomic E-state index is 0.115. The fourth-order valence-corrected chi connectivity index (χ4v) is 4.45. The van der Waals surface area contributed by atoms with Crippen molar-refractivity contribution in [1.29, 1.82) is 0 Å². The van der Waals surface area contributed by atoms with E-state index in [1.54, 1.807) is 31.3 Å². The summed E-state index contributed by atoms with van der Waals surface area (Å²) in [5.74, 6) is 5.81. The van der Waals surface area contributed by atoms with E-state index in [4.69, 9.17) is 0 Å². The Hall–Kier alpha value is -1.71. The highest BCUT2D eigenvalue weighted by molar-refractivity contribution is 7.12. The number of hydrogen-bond acceptors (Lipinski definition) is 4. The molecule has 1 fully saturated rings. The molecule has 0 bridgehead atoms. The maximum atomic E-state index is 14.0. The molecule has 2 aromatic rings. The molecule has 150 valence electrons. The maximum Gasteiger partial charge on any atom is 0.127 e. The highest BCUT2D eigenvalue weighted by atomic mass is 32.1. The average Bonchev–Trinajstić information content (AvgIpc) is 3.09. The van der Waals surface area contributed by atoms with Crippen LogP contribution < -0.4 is 0 Å². The minimum Gasteiger partial charge on any atom is -0.378 e. The molecule has 0 aliphatic carbocycles. The van der Waals surface area contributed by atoms with Crippen LogP contribution in [0.5, 0.6) is 0 Å². The summed E-state index contributed by atoms with van der Waals surface area (Å²) in [7, 11) is 2.17. The molecule has 0 saturated carbocycles. The molecular formula is C23H29FN2OS. The first-order valence-corrected chi connectivity index (χ1v) is 10.6. The molecule has 1 aliphatic rings. The van der Waals surface area contributed by atoms with Crippen LogP contribution in [0.4, 0.5) is 4.39 Å². The predicted molar refractivity (Wildman–Crippen MR) is 114 cm³/mol. The molecule has 1 N–H and O–H groups in total. The molecule has 1 unspecified atom stereocenters. The summed E-state index contributed by atoms with van der Waals surface area (Å²) < 4.78 is 14.0. The lowest BCUT2D eigenvalue weighted by atomic mass is 10.0. The Labute approximate surface area is 171 Å². The topological polar surface area (TPSA) is 26.7 Å². The van der Waals surface area contributed by atoms with Crippen LogP contribution in [0, 0.1) is 17.7 Å². The highest BCUT2D eigenvalue weighted by Gasteiger charge is 2.24. The van der Waals surface area contributed by atoms with Gasteiger partial charge >= 0.3 is 0 Å². The normalized spacial score (nSPS) is 18.1. The molecule has 3 nitrogen and oxygen atoms in total. The number of rotatable bonds is 5. The van der Waals surface area contributed by atoms with Gasteiger partial charge in [-0.05, 0) is 58.5 Å². The van der Waals surface area contributed by atoms with E-state index >= 15 is 0 Å². The SMILES string of the molecule is CN(Cc1ccc(C#CC(C)(C)O)s1)C1CCCN(Cc2ccccc2F)C1. The minimum atomic E-state index is -0.968. The van der Waals surface area contributed by atoms with Crippen LogP contribution in [0.3, 0.4) is 0 Å². The van der Waals surface area contributed by atoms with Crippen molar-refractivity contribution in [3.8, 4) is 11.8 Å². The van der Waals surface area contributed by atoms with Gasteiger partial charge in [0.05, 0.1) is 4.88 Å². The molecule has 28 heavy (non-hydrogen) atoms. The largest absolute Gasteiger partial charge is 0.378 e. The van der Waals surface area contributed by atoms with Gasteiger partial charge in [0.1, 0.15) is 11.4 Å². The average molecular weight is 401 g/mol. The number of likely N-dealkylation sites (tertiary alicyclic amines) is 1. The van der Waals surface area contributed by atoms with Crippen LogP contribution in [0.15, 0.2) is 36.4 Å². The monoisotopic (exact) mass is 400 g/mol. The van der Waals surface area contributed by atoms with E-state index in [2.05, 4.69) is 34.8 Å². The van der Waals surface area contributed by atoms with Crippen LogP contribution in [0.2, 0.25) is 0 Å². The first kappa shape index (κ1) is 21.0. The van der Waals surface area contributed by atoms with E-state index in [-0.39, 0.29) is 5.82 Å². The molecule has 1 atom stereocenters. The van der Waals surface area contributed by atoms with Gasteiger partial charge in [0.2, 0.25) is 0 Å². The maximum absolute atomic E-state index is 14.0. The highest BCUT2D eigenvalue weighted by Crippen LogP contribution is 2.22. The fraction of sp³-hybridized carbons (Fsp3) is 0.478. The van der Waals surface area contributed by atoms with E-state index in [1.807, 2.05) is 18.2 Å². The van der Waals surface area contributed by atoms with Gasteiger partial charge in [-0.3, -0.25) is 9.80 Å². The van der Waals surface area contributed by atoms with Gasteiger partial charge < -0.3 is 5.11 Å². The molecule has 3 rings (SSSR count). The number of thiophene rings is 1. The summed E-state index contributed by atoms with van der Waals surface area (Å²) >= 11 is 1.68. The van der Waals surface area contributed by atoms with Crippen molar-refractivity contribution in [2.75, 3.05) is 20.1 Å². The van der Waals surface area contributed by atoms with Gasteiger partial charge in [-0.2, -0.15) is 0 Å². The fourth-order valence-electron chi connectivity index (χ4n) is 3.52. The second-order valence-corrected chi connectivity index (χ2v) is 9.28. The number of hydrogen-bond donors (Lipinski definition) is 1. The van der Waals surface area contributed by atoms with Crippen molar-refractivity contribution < 1.29 is 9.50 Å². The second-order valence-electron chi connectivity index (χ2n) is 8.11. The standard InChI is InChI=1S/C23H29FN2OS/c1-23(2,27)13-12-20-10-11-21(28-20)17-25(3)19-8-6-14-26(16-19)15-18-7-4-5-9-22(18)24/h4-5,7,9-11,19,27H,6,8,14-17H2,1-3H3. The number of aliphatic hydroxyl groups is 1. The number of benzene rings is 1. The van der Waals surface area contributed by atoms with Gasteiger partial charge in [-0.25, -0.2) is 4.39 Å². The van der Waals surface area contributed by atoms with Gasteiger partial charge in [-0.15, -0.1) is 11.3 Å². The number of halogens is 1. The van der Waals surface area contributed by atoms with E-state index in [0.717, 1.165) is 36.5 Å². The van der Waals surface area contributed by atoms with Crippen molar-refractivity contribution in [2.45, 2.75) is 51.4 Å². The van der Waals surface area contributed by atoms with Gasteiger partial charge in [0.25, 0.3) is 0 Å². The third kappa shape index (κ3) is 6.15. The van der Waals surface area contributed by atoms with Crippen LogP contribution in [-0.2, 0) is 13.1 Å². The third-order valence-corrected chi connectivity index (χ3v) is 6.00. The molecular weight excluding hydrogens is 371 g/mol. The van der Waals surface area contributed by atoms with E-state index < -0.39 is 5.60 Å². The summed E-state index contributed by atoms with van der Waals surface area (Å²) in [5.41, 5.74) is -0.191. The molecule has 0 amide bonds. The van der Waals surface area contributed by atoms with Crippen LogP contribution >= 0.6 is 11.3 Å². The van der Waals surface area contributed by atoms with Crippen molar-refractivity contribution in [3.63, 3.8) is 0 Å². The zero-order valence-corrected chi connectivity index (χ0v) is 17.7. The molecule has 2 heterocycles. The Morgan fingerprint density at radius 3 is 2.82 bits per heavy atom. The lowest BCUT2D eigenvalue weighted by Gasteiger charge is -2.37. The van der Waals surface area contributed by atoms with Crippen molar-refractivity contribution in [3.05, 3.63) is 57.5 Å². The summed E-state index contributed by atoms with van der Waals surface area (Å²) in [6.07, 6.45) is 2.30. The van der Waals surface area contributed by atoms with Crippen molar-refractivity contribution >= 4 is 11.3 Å². The lowest BCUT2D eigenvalue weighted by molar-refractivity contribution is 0.107. The van der Waals surface area contributed by atoms with Crippen LogP contribution in [0.25, 0.3) is 0 Å². The van der Waals surface area contributed by atoms with Gasteiger partial charge in [-0.1, -0.05) is 30.0 Å². The number of piperidine rings is 1. The first-order valence-electron chi connectivity index (χ1n) is 9.80. The number of likely N-dealkylation sites (N-methyl/N-ethyl adjacent to an activating group) is 1. The zero-order chi connectivity index (χ0) is 20.1. The predicted octanol–water partition coefficient (Wildman–Crippen LogP) is 4.11. The van der Waals surface area contributed by atoms with Gasteiger partial charge in [0.15, 0.2) is 0 Å². The quantitative estimate of drug-likeness (QED) is 0.766. The molecule has 0 spiro atoms. The Morgan fingerprint density at radius 2 is 2.07 bits per heavy atom. The molecule has 5 heteroatoms. The molecule has 1 aliphatic heterocycles. The Bertz CT molecular complexity index is 846. The summed E-state index contributed by atoms with van der Waals surface area (Å²) in [5, 5.41) is 9.74. The second kappa shape index (κ2) is 9.19. The number of nitrogens with zero attached hydrogens (tertiary/aromatic N) is 2. The van der Waals surface area contributed by atoms with Crippen molar-refractivity contribution in [1.82, 2.24) is 9.80 Å². The van der Waals surface area contributed by atoms with Crippen LogP contribution in [0.1, 0.15) is 42.0 Å². The van der Waals surface area contributed by atoms with Crippen LogP contribution in [-0.4, -0.2) is 46.7 Å². The van der Waals surface area contributed by atoms with E-state index in [0.29, 0.717) is 12.6 Å². The Kier molecular flexibility index (Phi) is 6.90. The summed E-state index contributed by atoms with van der Waals surface area (Å²) in [6.45, 7) is 6.92. The molecule has 1 aromatic carbocycles. The smallest absolute Gasteiger partial charge is 0.127 e. The Balaban J connectivity index is 1.57. The Morgan fingerprint density at radius 1 is 1.29 bits per heavy atom.